The Kier molecular flexibility index (Phi) is 9.57. The summed E-state index contributed by atoms with van der Waals surface area (Å²) in [6.45, 7) is 7.77. The Balaban J connectivity index is 4.95. The number of esters is 1. The Hall–Kier alpha value is -0.840. The molecule has 0 aromatic rings. The molecule has 0 saturated heterocycles. The number of hydrogen-bond donors (Lipinski definition) is 1. The van der Waals surface area contributed by atoms with Crippen molar-refractivity contribution in [2.45, 2.75) is 40.5 Å². The highest BCUT2D eigenvalue weighted by molar-refractivity contribution is 7.51. The van der Waals surface area contributed by atoms with Gasteiger partial charge in [-0.05, 0) is 27.2 Å². The van der Waals surface area contributed by atoms with Crippen LogP contribution in [0.15, 0.2) is 11.8 Å². The summed E-state index contributed by atoms with van der Waals surface area (Å²) in [6.07, 6.45) is 3.17. The molecule has 0 aromatic carbocycles. The zero-order valence-electron chi connectivity index (χ0n) is 12.1. The SMILES string of the molecule is CCC/C=C(/NP(=O)(OCC)OCC)C(=O)OCC. The summed E-state index contributed by atoms with van der Waals surface area (Å²) in [4.78, 5) is 11.8. The second-order valence-electron chi connectivity index (χ2n) is 3.57. The molecule has 0 saturated carbocycles. The maximum atomic E-state index is 12.3. The van der Waals surface area contributed by atoms with Gasteiger partial charge in [-0.15, -0.1) is 0 Å². The highest BCUT2D eigenvalue weighted by Gasteiger charge is 2.27. The summed E-state index contributed by atoms with van der Waals surface area (Å²) in [7, 11) is -3.51. The van der Waals surface area contributed by atoms with Crippen LogP contribution in [-0.4, -0.2) is 25.8 Å². The summed E-state index contributed by atoms with van der Waals surface area (Å²) in [6, 6.07) is 0. The summed E-state index contributed by atoms with van der Waals surface area (Å²) in [5.74, 6) is -0.560. The lowest BCUT2D eigenvalue weighted by Gasteiger charge is -2.19. The van der Waals surface area contributed by atoms with Crippen LogP contribution in [0, 0.1) is 0 Å². The molecule has 0 aliphatic rings. The van der Waals surface area contributed by atoms with Gasteiger partial charge in [0.15, 0.2) is 0 Å². The first-order chi connectivity index (χ1) is 9.02. The molecule has 0 heterocycles. The molecule has 0 spiro atoms. The van der Waals surface area contributed by atoms with Crippen LogP contribution >= 0.6 is 7.75 Å². The van der Waals surface area contributed by atoms with Crippen LogP contribution in [0.4, 0.5) is 0 Å². The van der Waals surface area contributed by atoms with Crippen molar-refractivity contribution in [1.82, 2.24) is 5.09 Å². The third-order valence-electron chi connectivity index (χ3n) is 1.99. The largest absolute Gasteiger partial charge is 0.461 e. The van der Waals surface area contributed by atoms with E-state index >= 15 is 0 Å². The zero-order chi connectivity index (χ0) is 14.7. The molecule has 1 N–H and O–H groups in total. The van der Waals surface area contributed by atoms with E-state index in [1.807, 2.05) is 6.92 Å². The first-order valence-electron chi connectivity index (χ1n) is 6.57. The van der Waals surface area contributed by atoms with E-state index in [9.17, 15) is 9.36 Å². The molecule has 0 atom stereocenters. The van der Waals surface area contributed by atoms with Gasteiger partial charge in [-0.1, -0.05) is 19.4 Å². The minimum absolute atomic E-state index is 0.119. The van der Waals surface area contributed by atoms with Gasteiger partial charge in [-0.25, -0.2) is 9.36 Å². The van der Waals surface area contributed by atoms with Gasteiger partial charge in [0.25, 0.3) is 0 Å². The molecule has 0 radical (unpaired) electrons. The monoisotopic (exact) mass is 293 g/mol. The molecule has 0 amide bonds. The Bertz CT molecular complexity index is 333. The summed E-state index contributed by atoms with van der Waals surface area (Å²) < 4.78 is 27.4. The van der Waals surface area contributed by atoms with Crippen LogP contribution in [0.3, 0.4) is 0 Å². The maximum absolute atomic E-state index is 12.3. The number of ether oxygens (including phenoxy) is 1. The summed E-state index contributed by atoms with van der Waals surface area (Å²) in [5.41, 5.74) is 0.119. The predicted octanol–water partition coefficient (Wildman–Crippen LogP) is 3.00. The van der Waals surface area contributed by atoms with Crippen molar-refractivity contribution in [2.75, 3.05) is 19.8 Å². The minimum Gasteiger partial charge on any atom is -0.461 e. The number of unbranched alkanes of at least 4 members (excludes halogenated alkanes) is 1. The third kappa shape index (κ3) is 7.35. The van der Waals surface area contributed by atoms with Crippen LogP contribution in [0.25, 0.3) is 0 Å². The van der Waals surface area contributed by atoms with Crippen molar-refractivity contribution in [1.29, 1.82) is 0 Å². The van der Waals surface area contributed by atoms with E-state index in [2.05, 4.69) is 5.09 Å². The van der Waals surface area contributed by atoms with E-state index in [1.54, 1.807) is 26.8 Å². The Morgan fingerprint density at radius 1 is 1.11 bits per heavy atom. The first kappa shape index (κ1) is 18.2. The van der Waals surface area contributed by atoms with Gasteiger partial charge in [0.05, 0.1) is 19.8 Å². The maximum Gasteiger partial charge on any atom is 0.432 e. The number of carbonyl (C=O) groups is 1. The van der Waals surface area contributed by atoms with Gasteiger partial charge in [0.2, 0.25) is 0 Å². The average Bonchev–Trinajstić information content (AvgIpc) is 2.35. The molecule has 0 aliphatic heterocycles. The molecule has 19 heavy (non-hydrogen) atoms. The fourth-order valence-electron chi connectivity index (χ4n) is 1.26. The van der Waals surface area contributed by atoms with Gasteiger partial charge in [0.1, 0.15) is 5.70 Å². The van der Waals surface area contributed by atoms with E-state index in [1.165, 1.54) is 0 Å². The second kappa shape index (κ2) is 10.0. The molecular weight excluding hydrogens is 269 g/mol. The topological polar surface area (TPSA) is 73.9 Å². The molecule has 0 fully saturated rings. The van der Waals surface area contributed by atoms with Crippen molar-refractivity contribution >= 4 is 13.7 Å². The molecule has 0 rings (SSSR count). The quantitative estimate of drug-likeness (QED) is 0.379. The Morgan fingerprint density at radius 2 is 1.68 bits per heavy atom. The van der Waals surface area contributed by atoms with Gasteiger partial charge < -0.3 is 4.74 Å². The summed E-state index contributed by atoms with van der Waals surface area (Å²) >= 11 is 0. The van der Waals surface area contributed by atoms with Crippen LogP contribution in [-0.2, 0) is 23.1 Å². The predicted molar refractivity (Wildman–Crippen MR) is 73.6 cm³/mol. The average molecular weight is 293 g/mol. The highest BCUT2D eigenvalue weighted by Crippen LogP contribution is 2.44. The van der Waals surface area contributed by atoms with Crippen molar-refractivity contribution in [3.63, 3.8) is 0 Å². The lowest BCUT2D eigenvalue weighted by molar-refractivity contribution is -0.138. The molecule has 0 unspecified atom stereocenters. The zero-order valence-corrected chi connectivity index (χ0v) is 13.0. The van der Waals surface area contributed by atoms with E-state index in [-0.39, 0.29) is 25.5 Å². The Morgan fingerprint density at radius 3 is 2.11 bits per heavy atom. The van der Waals surface area contributed by atoms with Crippen molar-refractivity contribution in [3.05, 3.63) is 11.8 Å². The number of nitrogens with one attached hydrogen (secondary N) is 1. The van der Waals surface area contributed by atoms with Crippen LogP contribution in [0.5, 0.6) is 0 Å². The summed E-state index contributed by atoms with van der Waals surface area (Å²) in [5, 5.41) is 2.55. The lowest BCUT2D eigenvalue weighted by atomic mass is 10.3. The molecular formula is C12H24NO5P. The van der Waals surface area contributed by atoms with E-state index in [0.717, 1.165) is 6.42 Å². The van der Waals surface area contributed by atoms with E-state index in [4.69, 9.17) is 13.8 Å². The smallest absolute Gasteiger partial charge is 0.432 e. The fraction of sp³-hybridized carbons (Fsp3) is 0.750. The molecule has 0 bridgehead atoms. The number of hydrogen-bond acceptors (Lipinski definition) is 5. The van der Waals surface area contributed by atoms with Crippen molar-refractivity contribution in [2.24, 2.45) is 0 Å². The van der Waals surface area contributed by atoms with Crippen LogP contribution < -0.4 is 5.09 Å². The van der Waals surface area contributed by atoms with Gasteiger partial charge >= 0.3 is 13.7 Å². The standard InChI is InChI=1S/C12H24NO5P/c1-5-9-10-11(12(14)16-6-2)13-19(15,17-7-3)18-8-4/h10H,5-9H2,1-4H3,(H,13,15)/b11-10+. The molecule has 0 aliphatic carbocycles. The second-order valence-corrected chi connectivity index (χ2v) is 5.31. The normalized spacial score (nSPS) is 12.3. The first-order valence-corrected chi connectivity index (χ1v) is 8.11. The Labute approximate surface area is 115 Å². The molecule has 112 valence electrons. The van der Waals surface area contributed by atoms with Crippen LogP contribution in [0.2, 0.25) is 0 Å². The molecule has 7 heteroatoms. The van der Waals surface area contributed by atoms with Gasteiger partial charge in [-0.2, -0.15) is 0 Å². The van der Waals surface area contributed by atoms with E-state index in [0.29, 0.717) is 6.42 Å². The molecule has 6 nitrogen and oxygen atoms in total. The van der Waals surface area contributed by atoms with Crippen molar-refractivity contribution < 1.29 is 23.1 Å². The number of carbonyl (C=O) groups excluding carboxylic acids is 1. The van der Waals surface area contributed by atoms with E-state index < -0.39 is 13.7 Å². The minimum atomic E-state index is -3.51. The highest BCUT2D eigenvalue weighted by atomic mass is 31.2. The third-order valence-corrected chi connectivity index (χ3v) is 3.70. The molecule has 0 aromatic heterocycles. The number of rotatable bonds is 10. The van der Waals surface area contributed by atoms with Crippen LogP contribution in [0.1, 0.15) is 40.5 Å². The van der Waals surface area contributed by atoms with Crippen molar-refractivity contribution in [3.8, 4) is 0 Å². The fourth-order valence-corrected chi connectivity index (χ4v) is 2.62. The van der Waals surface area contributed by atoms with Gasteiger partial charge in [-0.3, -0.25) is 14.1 Å². The van der Waals surface area contributed by atoms with Gasteiger partial charge in [0, 0.05) is 0 Å². The number of allylic oxidation sites excluding steroid dienone is 1. The lowest BCUT2D eigenvalue weighted by Crippen LogP contribution is -2.22.